The van der Waals surface area contributed by atoms with Crippen LogP contribution in [-0.4, -0.2) is 23.3 Å². The van der Waals surface area contributed by atoms with Crippen molar-refractivity contribution in [2.75, 3.05) is 13.2 Å². The van der Waals surface area contributed by atoms with Crippen LogP contribution in [0.1, 0.15) is 11.7 Å². The van der Waals surface area contributed by atoms with E-state index in [0.29, 0.717) is 37.2 Å². The van der Waals surface area contributed by atoms with Crippen LogP contribution in [0.15, 0.2) is 39.8 Å². The fraction of sp³-hybridized carbons (Fsp3) is 0.333. The molecule has 1 heterocycles. The minimum absolute atomic E-state index is 0.320. The van der Waals surface area contributed by atoms with Crippen LogP contribution in [0.4, 0.5) is 0 Å². The van der Waals surface area contributed by atoms with E-state index in [1.54, 1.807) is 11.8 Å². The van der Waals surface area contributed by atoms with E-state index >= 15 is 0 Å². The van der Waals surface area contributed by atoms with Crippen LogP contribution in [0.25, 0.3) is 0 Å². The molecule has 96 valence electrons. The van der Waals surface area contributed by atoms with Crippen LogP contribution in [0, 0.1) is 0 Å². The molecule has 0 aliphatic rings. The Morgan fingerprint density at radius 3 is 2.89 bits per heavy atom. The predicted octanol–water partition coefficient (Wildman–Crippen LogP) is 1.84. The van der Waals surface area contributed by atoms with Crippen molar-refractivity contribution in [2.45, 2.75) is 17.3 Å². The van der Waals surface area contributed by atoms with Gasteiger partial charge in [-0.3, -0.25) is 0 Å². The van der Waals surface area contributed by atoms with Crippen molar-refractivity contribution in [3.63, 3.8) is 0 Å². The van der Waals surface area contributed by atoms with Crippen molar-refractivity contribution in [1.29, 1.82) is 0 Å². The molecular formula is C12H15N3O2S. The van der Waals surface area contributed by atoms with Gasteiger partial charge in [0.2, 0.25) is 0 Å². The molecule has 1 aromatic carbocycles. The molecule has 0 fully saturated rings. The quantitative estimate of drug-likeness (QED) is 0.608. The number of benzene rings is 1. The Labute approximate surface area is 110 Å². The maximum Gasteiger partial charge on any atom is 0.252 e. The van der Waals surface area contributed by atoms with E-state index in [9.17, 15) is 0 Å². The van der Waals surface area contributed by atoms with Crippen LogP contribution in [-0.2, 0) is 17.1 Å². The van der Waals surface area contributed by atoms with Gasteiger partial charge in [-0.2, -0.15) is 4.98 Å². The van der Waals surface area contributed by atoms with Crippen molar-refractivity contribution < 1.29 is 9.26 Å². The van der Waals surface area contributed by atoms with Crippen LogP contribution in [0.3, 0.4) is 0 Å². The van der Waals surface area contributed by atoms with Crippen molar-refractivity contribution >= 4 is 11.8 Å². The lowest BCUT2D eigenvalue weighted by atomic mass is 10.4. The van der Waals surface area contributed by atoms with Gasteiger partial charge < -0.3 is 15.0 Å². The van der Waals surface area contributed by atoms with E-state index in [4.69, 9.17) is 15.0 Å². The van der Waals surface area contributed by atoms with Crippen LogP contribution >= 0.6 is 11.8 Å². The van der Waals surface area contributed by atoms with E-state index in [2.05, 4.69) is 22.3 Å². The van der Waals surface area contributed by atoms with Crippen LogP contribution in [0.5, 0.6) is 0 Å². The zero-order valence-corrected chi connectivity index (χ0v) is 10.7. The normalized spacial score (nSPS) is 10.7. The molecule has 0 atom stereocenters. The van der Waals surface area contributed by atoms with Gasteiger partial charge in [-0.15, -0.1) is 11.8 Å². The Morgan fingerprint density at radius 2 is 2.11 bits per heavy atom. The van der Waals surface area contributed by atoms with Gasteiger partial charge in [0.25, 0.3) is 5.89 Å². The Kier molecular flexibility index (Phi) is 5.19. The Balaban J connectivity index is 1.80. The molecule has 0 saturated heterocycles. The molecule has 0 radical (unpaired) electrons. The van der Waals surface area contributed by atoms with E-state index < -0.39 is 0 Å². The highest BCUT2D eigenvalue weighted by Gasteiger charge is 2.06. The highest BCUT2D eigenvalue weighted by molar-refractivity contribution is 7.98. The minimum atomic E-state index is 0.320. The molecule has 0 bridgehead atoms. The first-order chi connectivity index (χ1) is 8.88. The fourth-order valence-corrected chi connectivity index (χ4v) is 2.08. The third-order valence-electron chi connectivity index (χ3n) is 2.11. The summed E-state index contributed by atoms with van der Waals surface area (Å²) in [5, 5.41) is 3.89. The van der Waals surface area contributed by atoms with Gasteiger partial charge in [-0.1, -0.05) is 23.4 Å². The summed E-state index contributed by atoms with van der Waals surface area (Å²) in [5.41, 5.74) is 5.32. The van der Waals surface area contributed by atoms with Gasteiger partial charge in [0.05, 0.1) is 12.4 Å². The van der Waals surface area contributed by atoms with Gasteiger partial charge in [0.1, 0.15) is 6.61 Å². The van der Waals surface area contributed by atoms with E-state index in [1.807, 2.05) is 18.2 Å². The summed E-state index contributed by atoms with van der Waals surface area (Å²) in [5.74, 6) is 1.85. The Bertz CT molecular complexity index is 461. The standard InChI is InChI=1S/C12H15N3O2S/c13-6-7-16-8-12-14-11(15-17-12)9-18-10-4-2-1-3-5-10/h1-5H,6-9,13H2. The topological polar surface area (TPSA) is 74.2 Å². The van der Waals surface area contributed by atoms with Gasteiger partial charge in [0.15, 0.2) is 5.82 Å². The lowest BCUT2D eigenvalue weighted by molar-refractivity contribution is 0.104. The molecule has 5 nitrogen and oxygen atoms in total. The van der Waals surface area contributed by atoms with Crippen molar-refractivity contribution in [1.82, 2.24) is 10.1 Å². The molecule has 0 aliphatic heterocycles. The molecule has 18 heavy (non-hydrogen) atoms. The number of thioether (sulfide) groups is 1. The first kappa shape index (κ1) is 13.1. The lowest BCUT2D eigenvalue weighted by Gasteiger charge is -1.96. The maximum absolute atomic E-state index is 5.32. The summed E-state index contributed by atoms with van der Waals surface area (Å²) in [6.07, 6.45) is 0. The summed E-state index contributed by atoms with van der Waals surface area (Å²) < 4.78 is 10.3. The van der Waals surface area contributed by atoms with Crippen LogP contribution < -0.4 is 5.73 Å². The maximum atomic E-state index is 5.32. The molecule has 2 aromatic rings. The van der Waals surface area contributed by atoms with Crippen molar-refractivity contribution in [3.05, 3.63) is 42.0 Å². The molecule has 0 aliphatic carbocycles. The monoisotopic (exact) mass is 265 g/mol. The predicted molar refractivity (Wildman–Crippen MR) is 69.0 cm³/mol. The number of nitrogens with two attached hydrogens (primary N) is 1. The lowest BCUT2D eigenvalue weighted by Crippen LogP contribution is -2.08. The summed E-state index contributed by atoms with van der Waals surface area (Å²) in [6.45, 7) is 1.31. The molecule has 2 N–H and O–H groups in total. The van der Waals surface area contributed by atoms with Crippen LogP contribution in [0.2, 0.25) is 0 Å². The first-order valence-electron chi connectivity index (χ1n) is 5.65. The average Bonchev–Trinajstić information content (AvgIpc) is 2.86. The molecule has 0 spiro atoms. The van der Waals surface area contributed by atoms with Gasteiger partial charge in [-0.05, 0) is 12.1 Å². The zero-order chi connectivity index (χ0) is 12.6. The van der Waals surface area contributed by atoms with Gasteiger partial charge in [0, 0.05) is 11.4 Å². The summed E-state index contributed by atoms with van der Waals surface area (Å²) >= 11 is 1.67. The third kappa shape index (κ3) is 4.14. The van der Waals surface area contributed by atoms with Crippen molar-refractivity contribution in [3.8, 4) is 0 Å². The third-order valence-corrected chi connectivity index (χ3v) is 3.12. The smallest absolute Gasteiger partial charge is 0.252 e. The molecular weight excluding hydrogens is 250 g/mol. The van der Waals surface area contributed by atoms with E-state index in [-0.39, 0.29) is 0 Å². The number of rotatable bonds is 7. The van der Waals surface area contributed by atoms with E-state index in [1.165, 1.54) is 4.90 Å². The second-order valence-corrected chi connectivity index (χ2v) is 4.60. The zero-order valence-electron chi connectivity index (χ0n) is 9.91. The number of ether oxygens (including phenoxy) is 1. The fourth-order valence-electron chi connectivity index (χ4n) is 1.31. The number of nitrogens with zero attached hydrogens (tertiary/aromatic N) is 2. The summed E-state index contributed by atoms with van der Waals surface area (Å²) in [7, 11) is 0. The molecule has 0 saturated carbocycles. The SMILES string of the molecule is NCCOCc1nc(CSc2ccccc2)no1. The average molecular weight is 265 g/mol. The Hall–Kier alpha value is -1.37. The number of aromatic nitrogens is 2. The largest absolute Gasteiger partial charge is 0.370 e. The molecule has 6 heteroatoms. The summed E-state index contributed by atoms with van der Waals surface area (Å²) in [6, 6.07) is 10.1. The molecule has 0 amide bonds. The molecule has 2 rings (SSSR count). The van der Waals surface area contributed by atoms with Crippen molar-refractivity contribution in [2.24, 2.45) is 5.73 Å². The van der Waals surface area contributed by atoms with Gasteiger partial charge >= 0.3 is 0 Å². The molecule has 1 aromatic heterocycles. The molecule has 0 unspecified atom stereocenters. The Morgan fingerprint density at radius 1 is 1.28 bits per heavy atom. The van der Waals surface area contributed by atoms with Gasteiger partial charge in [-0.25, -0.2) is 0 Å². The second-order valence-electron chi connectivity index (χ2n) is 3.55. The highest BCUT2D eigenvalue weighted by atomic mass is 32.2. The number of hydrogen-bond donors (Lipinski definition) is 1. The first-order valence-corrected chi connectivity index (χ1v) is 6.64. The highest BCUT2D eigenvalue weighted by Crippen LogP contribution is 2.20. The minimum Gasteiger partial charge on any atom is -0.370 e. The second kappa shape index (κ2) is 7.15. The number of hydrogen-bond acceptors (Lipinski definition) is 6. The van der Waals surface area contributed by atoms with E-state index in [0.717, 1.165) is 0 Å². The summed E-state index contributed by atoms with van der Waals surface area (Å²) in [4.78, 5) is 5.42.